The number of carbonyl (C=O) groups is 1. The van der Waals surface area contributed by atoms with Gasteiger partial charge in [0, 0.05) is 17.5 Å². The highest BCUT2D eigenvalue weighted by molar-refractivity contribution is 5.58. The van der Waals surface area contributed by atoms with Gasteiger partial charge in [0.05, 0.1) is 12.3 Å². The number of hydrogen-bond acceptors (Lipinski definition) is 4. The van der Waals surface area contributed by atoms with Crippen LogP contribution >= 0.6 is 0 Å². The van der Waals surface area contributed by atoms with Gasteiger partial charge in [-0.15, -0.1) is 4.39 Å². The fourth-order valence-electron chi connectivity index (χ4n) is 8.00. The Balaban J connectivity index is 1.53. The molecule has 29 heavy (non-hydrogen) atoms. The van der Waals surface area contributed by atoms with Crippen molar-refractivity contribution in [1.82, 2.24) is 10.2 Å². The Hall–Kier alpha value is -1.69. The first kappa shape index (κ1) is 19.3. The highest BCUT2D eigenvalue weighted by atomic mass is 19.1. The third-order valence-electron chi connectivity index (χ3n) is 9.03. The highest BCUT2D eigenvalue weighted by Crippen LogP contribution is 2.66. The van der Waals surface area contributed by atoms with E-state index in [0.717, 1.165) is 32.1 Å². The maximum Gasteiger partial charge on any atom is 0.495 e. The Morgan fingerprint density at radius 2 is 2.21 bits per heavy atom. The molecule has 0 bridgehead atoms. The summed E-state index contributed by atoms with van der Waals surface area (Å²) >= 11 is 0. The van der Waals surface area contributed by atoms with Crippen LogP contribution in [0.3, 0.4) is 0 Å². The Labute approximate surface area is 171 Å². The van der Waals surface area contributed by atoms with Crippen molar-refractivity contribution in [3.05, 3.63) is 29.1 Å². The van der Waals surface area contributed by atoms with Crippen molar-refractivity contribution < 1.29 is 19.0 Å². The number of carbonyl (C=O) groups excluding carboxylic acids is 1. The monoisotopic (exact) mass is 402 g/mol. The van der Waals surface area contributed by atoms with Crippen LogP contribution in [0.25, 0.3) is 0 Å². The third-order valence-corrected chi connectivity index (χ3v) is 9.03. The van der Waals surface area contributed by atoms with Gasteiger partial charge in [-0.05, 0) is 66.8 Å². The summed E-state index contributed by atoms with van der Waals surface area (Å²) in [4.78, 5) is 11.1. The van der Waals surface area contributed by atoms with E-state index in [9.17, 15) is 14.3 Å². The largest absolute Gasteiger partial charge is 0.495 e. The van der Waals surface area contributed by atoms with Crippen molar-refractivity contribution in [3.8, 4) is 0 Å². The van der Waals surface area contributed by atoms with E-state index in [-0.39, 0.29) is 22.7 Å². The molecule has 3 fully saturated rings. The number of nitrogens with one attached hydrogen (secondary N) is 1. The van der Waals surface area contributed by atoms with Crippen LogP contribution in [0.4, 0.5) is 9.18 Å². The molecule has 4 aliphatic rings. The smallest absolute Gasteiger partial charge is 0.436 e. The van der Waals surface area contributed by atoms with Crippen LogP contribution in [0.5, 0.6) is 0 Å². The number of nitrogens with zero attached hydrogens (tertiary/aromatic N) is 1. The number of aliphatic hydroxyl groups excluding tert-OH is 1. The molecular weight excluding hydrogens is 371 g/mol. The Kier molecular flexibility index (Phi) is 4.26. The summed E-state index contributed by atoms with van der Waals surface area (Å²) in [5.74, 6) is 0.953. The minimum Gasteiger partial charge on any atom is -0.436 e. The maximum atomic E-state index is 13.2. The maximum absolute atomic E-state index is 13.2. The van der Waals surface area contributed by atoms with Crippen molar-refractivity contribution in [3.63, 3.8) is 0 Å². The molecule has 0 aromatic carbocycles. The predicted molar refractivity (Wildman–Crippen MR) is 106 cm³/mol. The molecule has 158 valence electrons. The summed E-state index contributed by atoms with van der Waals surface area (Å²) in [5.41, 5.74) is 3.43. The van der Waals surface area contributed by atoms with E-state index in [1.54, 1.807) is 0 Å². The zero-order valence-electron chi connectivity index (χ0n) is 17.5. The lowest BCUT2D eigenvalue weighted by molar-refractivity contribution is -0.140. The van der Waals surface area contributed by atoms with Crippen molar-refractivity contribution in [2.45, 2.75) is 71.5 Å². The van der Waals surface area contributed by atoms with Crippen LogP contribution < -0.4 is 0 Å². The van der Waals surface area contributed by atoms with Crippen LogP contribution in [-0.2, 0) is 17.6 Å². The lowest BCUT2D eigenvalue weighted by Crippen LogP contribution is -2.57. The summed E-state index contributed by atoms with van der Waals surface area (Å²) in [6, 6.07) is 0. The topological polar surface area (TPSA) is 75.2 Å². The van der Waals surface area contributed by atoms with Crippen LogP contribution in [0.1, 0.15) is 57.7 Å². The Bertz CT molecular complexity index is 866. The molecule has 4 aliphatic carbocycles. The first-order valence-electron chi connectivity index (χ1n) is 11.0. The number of hydrogen-bond donors (Lipinski definition) is 2. The first-order valence-corrected chi connectivity index (χ1v) is 11.0. The molecule has 3 saturated carbocycles. The van der Waals surface area contributed by atoms with Gasteiger partial charge in [-0.1, -0.05) is 32.4 Å². The average molecular weight is 403 g/mol. The summed E-state index contributed by atoms with van der Waals surface area (Å²) in [7, 11) is 0. The van der Waals surface area contributed by atoms with Crippen molar-refractivity contribution >= 4 is 6.22 Å². The summed E-state index contributed by atoms with van der Waals surface area (Å²) < 4.78 is 18.4. The lowest BCUT2D eigenvalue weighted by atomic mass is 9.47. The number of rotatable bonds is 1. The van der Waals surface area contributed by atoms with E-state index in [1.165, 1.54) is 16.8 Å². The molecule has 0 radical (unpaired) electrons. The number of fused-ring (bicyclic) bond motifs is 6. The van der Waals surface area contributed by atoms with Crippen LogP contribution in [-0.4, -0.2) is 33.7 Å². The van der Waals surface area contributed by atoms with Gasteiger partial charge in [-0.2, -0.15) is 5.10 Å². The van der Waals surface area contributed by atoms with E-state index < -0.39 is 18.4 Å². The quantitative estimate of drug-likeness (QED) is 0.540. The zero-order valence-corrected chi connectivity index (χ0v) is 17.5. The number of aromatic amines is 1. The molecule has 0 spiro atoms. The standard InChI is InChI=1S/C23H31FN2O3/c1-12-8-16-15-6-4-14-5-7-17-13(11-25-26-17)9-22(14,2)19(15)18(27)10-23(16,3)20(12)29-21(24)28/h5,11-12,15-16,18-20,27H,4,6-10H2,1-3H3,(H,25,26)/t12?,15?,16?,18?,19?,20-,22?,23?/m1/s1. The number of ether oxygens (including phenoxy) is 1. The van der Waals surface area contributed by atoms with Gasteiger partial charge in [0.1, 0.15) is 6.10 Å². The van der Waals surface area contributed by atoms with Gasteiger partial charge in [0.25, 0.3) is 0 Å². The Morgan fingerprint density at radius 1 is 1.41 bits per heavy atom. The van der Waals surface area contributed by atoms with E-state index >= 15 is 0 Å². The summed E-state index contributed by atoms with van der Waals surface area (Å²) in [5, 5.41) is 18.9. The van der Waals surface area contributed by atoms with Crippen molar-refractivity contribution in [1.29, 1.82) is 0 Å². The van der Waals surface area contributed by atoms with E-state index in [0.29, 0.717) is 18.3 Å². The van der Waals surface area contributed by atoms with Gasteiger partial charge in [-0.3, -0.25) is 5.10 Å². The molecule has 1 aromatic heterocycles. The molecule has 5 rings (SSSR count). The van der Waals surface area contributed by atoms with Gasteiger partial charge in [-0.25, -0.2) is 4.79 Å². The number of allylic oxidation sites excluding steroid dienone is 2. The third kappa shape index (κ3) is 2.67. The molecule has 0 amide bonds. The number of halogens is 1. The van der Waals surface area contributed by atoms with Crippen LogP contribution in [0.15, 0.2) is 17.8 Å². The molecule has 1 aromatic rings. The predicted octanol–water partition coefficient (Wildman–Crippen LogP) is 4.37. The minimum atomic E-state index is -1.70. The van der Waals surface area contributed by atoms with Gasteiger partial charge >= 0.3 is 6.22 Å². The van der Waals surface area contributed by atoms with Crippen LogP contribution in [0.2, 0.25) is 0 Å². The molecule has 8 atom stereocenters. The minimum absolute atomic E-state index is 0.100. The van der Waals surface area contributed by atoms with Gasteiger partial charge in [0.2, 0.25) is 0 Å². The normalized spacial score (nSPS) is 45.9. The highest BCUT2D eigenvalue weighted by Gasteiger charge is 2.64. The number of H-pyrrole nitrogens is 1. The molecule has 1 heterocycles. The van der Waals surface area contributed by atoms with Crippen molar-refractivity contribution in [2.75, 3.05) is 0 Å². The number of aliphatic hydroxyl groups is 1. The molecule has 6 heteroatoms. The number of aromatic nitrogens is 2. The van der Waals surface area contributed by atoms with Crippen LogP contribution in [0, 0.1) is 34.5 Å². The second-order valence-corrected chi connectivity index (χ2v) is 10.5. The summed E-state index contributed by atoms with van der Waals surface area (Å²) in [6.07, 6.45) is 6.98. The van der Waals surface area contributed by atoms with E-state index in [1.807, 2.05) is 6.20 Å². The molecular formula is C23H31FN2O3. The molecule has 0 saturated heterocycles. The summed E-state index contributed by atoms with van der Waals surface area (Å²) in [6.45, 7) is 6.47. The second-order valence-electron chi connectivity index (χ2n) is 10.5. The van der Waals surface area contributed by atoms with E-state index in [2.05, 4.69) is 37.0 Å². The van der Waals surface area contributed by atoms with Gasteiger partial charge in [0.15, 0.2) is 0 Å². The average Bonchev–Trinajstić information content (AvgIpc) is 3.12. The second kappa shape index (κ2) is 6.40. The fraction of sp³-hybridized carbons (Fsp3) is 0.739. The molecule has 7 unspecified atom stereocenters. The van der Waals surface area contributed by atoms with E-state index in [4.69, 9.17) is 4.74 Å². The molecule has 5 nitrogen and oxygen atoms in total. The fourth-order valence-corrected chi connectivity index (χ4v) is 8.00. The zero-order chi connectivity index (χ0) is 20.6. The lowest BCUT2D eigenvalue weighted by Gasteiger charge is -2.58. The van der Waals surface area contributed by atoms with Gasteiger partial charge < -0.3 is 9.84 Å². The van der Waals surface area contributed by atoms with Crippen molar-refractivity contribution in [2.24, 2.45) is 34.5 Å². The SMILES string of the molecule is CC1CC2C3CCC4=CCc5[nH]ncc5CC4(C)C3C(O)CC2(C)[C@@H]1OC(=O)F. The first-order chi connectivity index (χ1) is 13.7. The molecule has 0 aliphatic heterocycles. The Morgan fingerprint density at radius 3 is 2.97 bits per heavy atom. The molecule has 2 N–H and O–H groups in total.